The van der Waals surface area contributed by atoms with Crippen LogP contribution in [0.15, 0.2) is 79.0 Å². The highest BCUT2D eigenvalue weighted by atomic mass is 16.5. The van der Waals surface area contributed by atoms with Gasteiger partial charge in [-0.25, -0.2) is 0 Å². The van der Waals surface area contributed by atoms with E-state index in [1.807, 2.05) is 54.7 Å². The zero-order valence-corrected chi connectivity index (χ0v) is 15.0. The average Bonchev–Trinajstić information content (AvgIpc) is 3.17. The maximum Gasteiger partial charge on any atom is 0.255 e. The van der Waals surface area contributed by atoms with Gasteiger partial charge in [0.05, 0.1) is 7.11 Å². The van der Waals surface area contributed by atoms with Crippen molar-refractivity contribution in [3.05, 3.63) is 95.7 Å². The molecule has 0 fully saturated rings. The zero-order chi connectivity index (χ0) is 18.6. The number of hydrogen-bond acceptors (Lipinski definition) is 2. The predicted molar refractivity (Wildman–Crippen MR) is 108 cm³/mol. The van der Waals surface area contributed by atoms with Crippen molar-refractivity contribution in [2.45, 2.75) is 6.42 Å². The molecule has 1 aromatic heterocycles. The minimum absolute atomic E-state index is 0.125. The average molecular weight is 356 g/mol. The lowest BCUT2D eigenvalue weighted by molar-refractivity contribution is 0.102. The Hall–Kier alpha value is -3.53. The van der Waals surface area contributed by atoms with E-state index in [-0.39, 0.29) is 5.91 Å². The molecule has 4 heteroatoms. The Bertz CT molecular complexity index is 1060. The van der Waals surface area contributed by atoms with Crippen LogP contribution in [-0.4, -0.2) is 18.0 Å². The molecular weight excluding hydrogens is 336 g/mol. The number of rotatable bonds is 5. The summed E-state index contributed by atoms with van der Waals surface area (Å²) >= 11 is 0. The molecule has 1 heterocycles. The molecule has 0 saturated heterocycles. The molecule has 3 aromatic carbocycles. The Morgan fingerprint density at radius 2 is 1.67 bits per heavy atom. The van der Waals surface area contributed by atoms with Gasteiger partial charge in [-0.2, -0.15) is 0 Å². The Morgan fingerprint density at radius 3 is 2.41 bits per heavy atom. The van der Waals surface area contributed by atoms with Gasteiger partial charge in [0, 0.05) is 23.0 Å². The van der Waals surface area contributed by atoms with Crippen LogP contribution in [0.4, 0.5) is 5.69 Å². The van der Waals surface area contributed by atoms with E-state index in [2.05, 4.69) is 34.6 Å². The van der Waals surface area contributed by atoms with Crippen LogP contribution in [0, 0.1) is 0 Å². The summed E-state index contributed by atoms with van der Waals surface area (Å²) in [5, 5.41) is 4.11. The Kier molecular flexibility index (Phi) is 4.62. The maximum absolute atomic E-state index is 12.4. The van der Waals surface area contributed by atoms with Gasteiger partial charge >= 0.3 is 0 Å². The van der Waals surface area contributed by atoms with Crippen LogP contribution in [0.3, 0.4) is 0 Å². The number of hydrogen-bond donors (Lipinski definition) is 2. The molecule has 0 atom stereocenters. The standard InChI is InChI=1S/C23H20N2O2/c1-27-21-9-7-20(8-10-21)25-23(26)18-5-2-16(3-6-18)14-17-4-11-22-19(15-17)12-13-24-22/h2-13,15,24H,14H2,1H3,(H,25,26). The van der Waals surface area contributed by atoms with E-state index in [1.54, 1.807) is 7.11 Å². The van der Waals surface area contributed by atoms with E-state index >= 15 is 0 Å². The SMILES string of the molecule is COc1ccc(NC(=O)c2ccc(Cc3ccc4[nH]ccc4c3)cc2)cc1. The molecule has 0 aliphatic heterocycles. The molecule has 0 aliphatic rings. The number of fused-ring (bicyclic) bond motifs is 1. The summed E-state index contributed by atoms with van der Waals surface area (Å²) in [6.45, 7) is 0. The topological polar surface area (TPSA) is 54.1 Å². The van der Waals surface area contributed by atoms with Gasteiger partial charge in [-0.3, -0.25) is 4.79 Å². The number of amides is 1. The minimum Gasteiger partial charge on any atom is -0.497 e. The molecule has 4 nitrogen and oxygen atoms in total. The second kappa shape index (κ2) is 7.38. The van der Waals surface area contributed by atoms with Crippen molar-refractivity contribution in [1.82, 2.24) is 4.98 Å². The van der Waals surface area contributed by atoms with Gasteiger partial charge in [-0.05, 0) is 77.5 Å². The van der Waals surface area contributed by atoms with Gasteiger partial charge in [0.2, 0.25) is 0 Å². The van der Waals surface area contributed by atoms with Crippen molar-refractivity contribution in [1.29, 1.82) is 0 Å². The first-order valence-electron chi connectivity index (χ1n) is 8.82. The summed E-state index contributed by atoms with van der Waals surface area (Å²) in [5.74, 6) is 0.635. The number of methoxy groups -OCH3 is 1. The van der Waals surface area contributed by atoms with E-state index in [1.165, 1.54) is 16.5 Å². The molecule has 0 unspecified atom stereocenters. The summed E-state index contributed by atoms with van der Waals surface area (Å²) in [5.41, 5.74) is 4.94. The summed E-state index contributed by atoms with van der Waals surface area (Å²) in [4.78, 5) is 15.6. The second-order valence-corrected chi connectivity index (χ2v) is 6.46. The molecule has 0 aliphatic carbocycles. The Labute approximate surface area is 157 Å². The number of carbonyl (C=O) groups is 1. The molecule has 1 amide bonds. The van der Waals surface area contributed by atoms with Crippen LogP contribution in [-0.2, 0) is 6.42 Å². The van der Waals surface area contributed by atoms with E-state index < -0.39 is 0 Å². The first kappa shape index (κ1) is 16.9. The van der Waals surface area contributed by atoms with Gasteiger partial charge in [0.1, 0.15) is 5.75 Å². The fourth-order valence-electron chi connectivity index (χ4n) is 3.10. The lowest BCUT2D eigenvalue weighted by Crippen LogP contribution is -2.11. The number of aromatic nitrogens is 1. The minimum atomic E-state index is -0.125. The van der Waals surface area contributed by atoms with Crippen molar-refractivity contribution in [2.75, 3.05) is 12.4 Å². The van der Waals surface area contributed by atoms with E-state index in [0.717, 1.165) is 23.4 Å². The third-order valence-corrected chi connectivity index (χ3v) is 4.59. The van der Waals surface area contributed by atoms with Gasteiger partial charge in [0.15, 0.2) is 0 Å². The van der Waals surface area contributed by atoms with Gasteiger partial charge in [-0.1, -0.05) is 18.2 Å². The van der Waals surface area contributed by atoms with Crippen LogP contribution in [0.25, 0.3) is 10.9 Å². The molecule has 2 N–H and O–H groups in total. The summed E-state index contributed by atoms with van der Waals surface area (Å²) < 4.78 is 5.13. The van der Waals surface area contributed by atoms with Crippen LogP contribution >= 0.6 is 0 Å². The van der Waals surface area contributed by atoms with Gasteiger partial charge in [-0.15, -0.1) is 0 Å². The van der Waals surface area contributed by atoms with Crippen LogP contribution in [0.5, 0.6) is 5.75 Å². The molecule has 4 rings (SSSR count). The number of aromatic amines is 1. The smallest absolute Gasteiger partial charge is 0.255 e. The second-order valence-electron chi connectivity index (χ2n) is 6.46. The molecule has 27 heavy (non-hydrogen) atoms. The van der Waals surface area contributed by atoms with Crippen molar-refractivity contribution >= 4 is 22.5 Å². The van der Waals surface area contributed by atoms with Gasteiger partial charge < -0.3 is 15.0 Å². The van der Waals surface area contributed by atoms with Crippen LogP contribution < -0.4 is 10.1 Å². The molecule has 0 saturated carbocycles. The van der Waals surface area contributed by atoms with Gasteiger partial charge in [0.25, 0.3) is 5.91 Å². The Morgan fingerprint density at radius 1 is 0.926 bits per heavy atom. The van der Waals surface area contributed by atoms with Crippen molar-refractivity contribution in [2.24, 2.45) is 0 Å². The maximum atomic E-state index is 12.4. The van der Waals surface area contributed by atoms with Crippen molar-refractivity contribution in [3.8, 4) is 5.75 Å². The molecule has 0 bridgehead atoms. The fourth-order valence-corrected chi connectivity index (χ4v) is 3.10. The molecule has 134 valence electrons. The van der Waals surface area contributed by atoms with Crippen molar-refractivity contribution in [3.63, 3.8) is 0 Å². The third kappa shape index (κ3) is 3.85. The first-order valence-corrected chi connectivity index (χ1v) is 8.82. The lowest BCUT2D eigenvalue weighted by Gasteiger charge is -2.08. The number of nitrogens with one attached hydrogen (secondary N) is 2. The third-order valence-electron chi connectivity index (χ3n) is 4.59. The van der Waals surface area contributed by atoms with E-state index in [0.29, 0.717) is 5.56 Å². The number of ether oxygens (including phenoxy) is 1. The number of carbonyl (C=O) groups excluding carboxylic acids is 1. The highest BCUT2D eigenvalue weighted by Gasteiger charge is 2.07. The largest absolute Gasteiger partial charge is 0.497 e. The van der Waals surface area contributed by atoms with Crippen LogP contribution in [0.2, 0.25) is 0 Å². The number of benzene rings is 3. The van der Waals surface area contributed by atoms with E-state index in [4.69, 9.17) is 4.74 Å². The Balaban J connectivity index is 1.43. The normalized spacial score (nSPS) is 10.7. The van der Waals surface area contributed by atoms with Crippen molar-refractivity contribution < 1.29 is 9.53 Å². The summed E-state index contributed by atoms with van der Waals surface area (Å²) in [6, 6.07) is 23.5. The summed E-state index contributed by atoms with van der Waals surface area (Å²) in [7, 11) is 1.62. The molecule has 0 radical (unpaired) electrons. The number of anilines is 1. The molecule has 4 aromatic rings. The highest BCUT2D eigenvalue weighted by Crippen LogP contribution is 2.19. The molecular formula is C23H20N2O2. The highest BCUT2D eigenvalue weighted by molar-refractivity contribution is 6.04. The zero-order valence-electron chi connectivity index (χ0n) is 15.0. The number of H-pyrrole nitrogens is 1. The quantitative estimate of drug-likeness (QED) is 0.527. The summed E-state index contributed by atoms with van der Waals surface area (Å²) in [6.07, 6.45) is 2.78. The predicted octanol–water partition coefficient (Wildman–Crippen LogP) is 5.02. The monoisotopic (exact) mass is 356 g/mol. The first-order chi connectivity index (χ1) is 13.2. The molecule has 0 spiro atoms. The lowest BCUT2D eigenvalue weighted by atomic mass is 10.0. The fraction of sp³-hybridized carbons (Fsp3) is 0.0870. The van der Waals surface area contributed by atoms with E-state index in [9.17, 15) is 4.79 Å². The van der Waals surface area contributed by atoms with Crippen LogP contribution in [0.1, 0.15) is 21.5 Å².